The Bertz CT molecular complexity index is 782. The van der Waals surface area contributed by atoms with E-state index in [1.54, 1.807) is 0 Å². The van der Waals surface area contributed by atoms with Gasteiger partial charge in [-0.2, -0.15) is 0 Å². The van der Waals surface area contributed by atoms with Gasteiger partial charge in [-0.1, -0.05) is 20.8 Å². The van der Waals surface area contributed by atoms with Gasteiger partial charge in [0.25, 0.3) is 0 Å². The number of ether oxygens (including phenoxy) is 1. The first-order chi connectivity index (χ1) is 14.8. The van der Waals surface area contributed by atoms with Crippen molar-refractivity contribution in [1.29, 1.82) is 0 Å². The Hall–Kier alpha value is -1.08. The van der Waals surface area contributed by atoms with Crippen LogP contribution in [-0.2, 0) is 14.3 Å². The lowest BCUT2D eigenvalue weighted by atomic mass is 9.43. The molecule has 0 aromatic rings. The van der Waals surface area contributed by atoms with E-state index in [0.717, 1.165) is 32.1 Å². The summed E-state index contributed by atoms with van der Waals surface area (Å²) < 4.78 is 34.2. The fourth-order valence-electron chi connectivity index (χ4n) is 8.56. The molecule has 5 nitrogen and oxygen atoms in total. The number of carbonyl (C=O) groups is 2. The number of alkyl halides is 2. The highest BCUT2D eigenvalue weighted by atomic mass is 19.3. The molecule has 4 unspecified atom stereocenters. The van der Waals surface area contributed by atoms with E-state index in [9.17, 15) is 28.6 Å². The second kappa shape index (κ2) is 7.72. The van der Waals surface area contributed by atoms with Gasteiger partial charge in [0.2, 0.25) is 5.79 Å². The van der Waals surface area contributed by atoms with Gasteiger partial charge in [-0.15, -0.1) is 0 Å². The minimum Gasteiger partial charge on any atom is -0.469 e. The number of aliphatic hydroxyl groups is 2. The predicted molar refractivity (Wildman–Crippen MR) is 114 cm³/mol. The van der Waals surface area contributed by atoms with Crippen LogP contribution in [0.15, 0.2) is 0 Å². The number of hydrogen-bond donors (Lipinski definition) is 2. The predicted octanol–water partition coefficient (Wildman–Crippen LogP) is 4.34. The van der Waals surface area contributed by atoms with Gasteiger partial charge in [-0.25, -0.2) is 8.78 Å². The molecule has 0 aromatic heterocycles. The third-order valence-corrected chi connectivity index (χ3v) is 10.4. The number of esters is 1. The van der Waals surface area contributed by atoms with Gasteiger partial charge in [-0.05, 0) is 72.5 Å². The molecule has 0 saturated heterocycles. The minimum absolute atomic E-state index is 0.0372. The summed E-state index contributed by atoms with van der Waals surface area (Å²) in [6, 6.07) is 0. The molecule has 2 N–H and O–H groups in total. The Morgan fingerprint density at radius 3 is 2.47 bits per heavy atom. The van der Waals surface area contributed by atoms with Crippen LogP contribution >= 0.6 is 0 Å². The fraction of sp³-hybridized carbons (Fsp3) is 0.920. The molecular weight excluding hydrogens is 418 g/mol. The number of halogens is 2. The molecule has 0 spiro atoms. The topological polar surface area (TPSA) is 83.8 Å². The van der Waals surface area contributed by atoms with Crippen molar-refractivity contribution < 1.29 is 33.3 Å². The van der Waals surface area contributed by atoms with E-state index in [2.05, 4.69) is 13.8 Å². The summed E-state index contributed by atoms with van der Waals surface area (Å²) >= 11 is 0. The summed E-state index contributed by atoms with van der Waals surface area (Å²) in [5, 5.41) is 20.0. The highest BCUT2D eigenvalue weighted by Crippen LogP contribution is 2.69. The smallest absolute Gasteiger partial charge is 0.305 e. The third kappa shape index (κ3) is 3.44. The normalized spacial score (nSPS) is 45.4. The summed E-state index contributed by atoms with van der Waals surface area (Å²) in [5.74, 6) is -6.61. The first kappa shape index (κ1) is 24.1. The number of carbonyl (C=O) groups excluding carboxylic acids is 2. The van der Waals surface area contributed by atoms with Gasteiger partial charge in [-0.3, -0.25) is 9.59 Å². The molecule has 0 radical (unpaired) electrons. The van der Waals surface area contributed by atoms with Crippen LogP contribution in [0.4, 0.5) is 8.78 Å². The van der Waals surface area contributed by atoms with Crippen LogP contribution < -0.4 is 0 Å². The second-order valence-corrected chi connectivity index (χ2v) is 11.8. The van der Waals surface area contributed by atoms with Crippen molar-refractivity contribution in [2.45, 2.75) is 90.3 Å². The van der Waals surface area contributed by atoms with Crippen molar-refractivity contribution in [3.8, 4) is 0 Å². The largest absolute Gasteiger partial charge is 0.469 e. The summed E-state index contributed by atoms with van der Waals surface area (Å²) in [6.07, 6.45) is 3.79. The highest BCUT2D eigenvalue weighted by Gasteiger charge is 2.69. The monoisotopic (exact) mass is 456 g/mol. The number of methoxy groups -OCH3 is 1. The van der Waals surface area contributed by atoms with Crippen molar-refractivity contribution in [2.75, 3.05) is 7.11 Å². The van der Waals surface area contributed by atoms with Crippen LogP contribution in [0.3, 0.4) is 0 Å². The van der Waals surface area contributed by atoms with E-state index in [1.807, 2.05) is 6.92 Å². The first-order valence-electron chi connectivity index (χ1n) is 12.2. The molecule has 0 bridgehead atoms. The molecular formula is C25H38F2O5. The van der Waals surface area contributed by atoms with Crippen LogP contribution in [0.25, 0.3) is 0 Å². The molecule has 4 fully saturated rings. The zero-order chi connectivity index (χ0) is 23.7. The minimum atomic E-state index is -3.58. The molecule has 4 aliphatic rings. The average molecular weight is 457 g/mol. The van der Waals surface area contributed by atoms with Crippen LogP contribution in [0.5, 0.6) is 0 Å². The van der Waals surface area contributed by atoms with Crippen molar-refractivity contribution in [1.82, 2.24) is 0 Å². The van der Waals surface area contributed by atoms with Gasteiger partial charge in [0.05, 0.1) is 7.11 Å². The highest BCUT2D eigenvalue weighted by molar-refractivity contribution is 5.83. The lowest BCUT2D eigenvalue weighted by Crippen LogP contribution is -2.64. The molecule has 182 valence electrons. The molecule has 4 aliphatic carbocycles. The number of rotatable bonds is 4. The van der Waals surface area contributed by atoms with Crippen molar-refractivity contribution in [2.24, 2.45) is 46.3 Å². The quantitative estimate of drug-likeness (QED) is 0.486. The maximum absolute atomic E-state index is 14.7. The Morgan fingerprint density at radius 1 is 1.16 bits per heavy atom. The van der Waals surface area contributed by atoms with Crippen LogP contribution in [0.2, 0.25) is 0 Å². The SMILES string of the molecule is COC(=O)CC[C@@H](C)C1CCC2C3C(=O)C[C@@H]4CC(O)(O)C(F)(F)C[C@]4(C)C3CC[C@@]21C. The van der Waals surface area contributed by atoms with E-state index < -0.39 is 35.9 Å². The van der Waals surface area contributed by atoms with Gasteiger partial charge < -0.3 is 14.9 Å². The summed E-state index contributed by atoms with van der Waals surface area (Å²) in [7, 11) is 1.40. The van der Waals surface area contributed by atoms with Gasteiger partial charge in [0.1, 0.15) is 5.78 Å². The number of ketones is 1. The second-order valence-electron chi connectivity index (χ2n) is 11.8. The van der Waals surface area contributed by atoms with Gasteiger partial charge in [0, 0.05) is 31.6 Å². The zero-order valence-electron chi connectivity index (χ0n) is 19.7. The molecule has 8 atom stereocenters. The van der Waals surface area contributed by atoms with E-state index in [-0.39, 0.29) is 41.3 Å². The number of hydrogen-bond acceptors (Lipinski definition) is 5. The summed E-state index contributed by atoms with van der Waals surface area (Å²) in [5.41, 5.74) is -0.808. The number of Topliss-reactive ketones (excluding diaryl/α,β-unsaturated/α-hetero) is 1. The number of fused-ring (bicyclic) bond motifs is 5. The van der Waals surface area contributed by atoms with E-state index in [0.29, 0.717) is 18.3 Å². The molecule has 7 heteroatoms. The van der Waals surface area contributed by atoms with E-state index in [1.165, 1.54) is 7.11 Å². The van der Waals surface area contributed by atoms with Crippen LogP contribution in [0.1, 0.15) is 78.6 Å². The molecule has 4 saturated carbocycles. The standard InChI is InChI=1S/C25H38F2O5/c1-14(5-8-20(29)32-4)16-6-7-17-21-18(9-10-22(16,17)2)23(3)13-24(26,27)25(30,31)12-15(23)11-19(21)28/h14-18,21,30-31H,5-13H2,1-4H3/t14-,15-,16?,17?,18?,21?,22-,23+/m1/s1. The van der Waals surface area contributed by atoms with Crippen molar-refractivity contribution in [3.63, 3.8) is 0 Å². The first-order valence-corrected chi connectivity index (χ1v) is 12.2. The van der Waals surface area contributed by atoms with E-state index in [4.69, 9.17) is 4.74 Å². The van der Waals surface area contributed by atoms with Gasteiger partial charge >= 0.3 is 11.9 Å². The Labute approximate surface area is 189 Å². The summed E-state index contributed by atoms with van der Waals surface area (Å²) in [4.78, 5) is 25.0. The Morgan fingerprint density at radius 2 is 1.81 bits per heavy atom. The van der Waals surface area contributed by atoms with Crippen LogP contribution in [-0.4, -0.2) is 40.8 Å². The molecule has 32 heavy (non-hydrogen) atoms. The maximum atomic E-state index is 14.7. The molecule has 0 heterocycles. The molecule has 0 amide bonds. The van der Waals surface area contributed by atoms with Crippen molar-refractivity contribution >= 4 is 11.8 Å². The lowest BCUT2D eigenvalue weighted by Gasteiger charge is -2.61. The molecule has 0 aliphatic heterocycles. The van der Waals surface area contributed by atoms with Crippen LogP contribution in [0, 0.1) is 46.3 Å². The molecule has 0 aromatic carbocycles. The maximum Gasteiger partial charge on any atom is 0.305 e. The lowest BCUT2D eigenvalue weighted by molar-refractivity contribution is -0.344. The average Bonchev–Trinajstić information content (AvgIpc) is 3.05. The summed E-state index contributed by atoms with van der Waals surface area (Å²) in [6.45, 7) is 6.31. The third-order valence-electron chi connectivity index (χ3n) is 10.4. The Kier molecular flexibility index (Phi) is 5.81. The van der Waals surface area contributed by atoms with Gasteiger partial charge in [0.15, 0.2) is 0 Å². The van der Waals surface area contributed by atoms with E-state index >= 15 is 0 Å². The molecule has 4 rings (SSSR count). The van der Waals surface area contributed by atoms with Crippen molar-refractivity contribution in [3.05, 3.63) is 0 Å². The zero-order valence-corrected chi connectivity index (χ0v) is 19.7. The Balaban J connectivity index is 1.58. The fourth-order valence-corrected chi connectivity index (χ4v) is 8.56.